The van der Waals surface area contributed by atoms with E-state index < -0.39 is 4.92 Å². The molecule has 30 heavy (non-hydrogen) atoms. The van der Waals surface area contributed by atoms with Gasteiger partial charge in [-0.05, 0) is 42.7 Å². The maximum atomic E-state index is 13.3. The first kappa shape index (κ1) is 19.4. The third-order valence-electron chi connectivity index (χ3n) is 4.61. The van der Waals surface area contributed by atoms with Crippen molar-refractivity contribution in [2.75, 3.05) is 0 Å². The van der Waals surface area contributed by atoms with Gasteiger partial charge in [-0.1, -0.05) is 18.2 Å². The Hall–Kier alpha value is -3.88. The highest BCUT2D eigenvalue weighted by molar-refractivity contribution is 5.92. The summed E-state index contributed by atoms with van der Waals surface area (Å²) in [6, 6.07) is 11.9. The number of nitro benzene ring substituents is 1. The van der Waals surface area contributed by atoms with Crippen molar-refractivity contribution in [3.63, 3.8) is 0 Å². The van der Waals surface area contributed by atoms with Crippen molar-refractivity contribution < 1.29 is 18.5 Å². The van der Waals surface area contributed by atoms with Gasteiger partial charge in [0.05, 0.1) is 11.5 Å². The second-order valence-corrected chi connectivity index (χ2v) is 6.89. The number of carbonyl (C=O) groups is 1. The van der Waals surface area contributed by atoms with E-state index in [1.807, 2.05) is 0 Å². The van der Waals surface area contributed by atoms with E-state index in [-0.39, 0.29) is 41.8 Å². The number of aromatic nitrogens is 2. The van der Waals surface area contributed by atoms with Crippen LogP contribution in [0.3, 0.4) is 0 Å². The Morgan fingerprint density at radius 2 is 2.03 bits per heavy atom. The molecule has 1 aliphatic rings. The summed E-state index contributed by atoms with van der Waals surface area (Å²) in [5.41, 5.74) is 0.938. The van der Waals surface area contributed by atoms with Gasteiger partial charge in [0.15, 0.2) is 0 Å². The van der Waals surface area contributed by atoms with Gasteiger partial charge in [0, 0.05) is 29.8 Å². The van der Waals surface area contributed by atoms with Crippen LogP contribution in [0.1, 0.15) is 24.3 Å². The van der Waals surface area contributed by atoms with Crippen LogP contribution in [0.15, 0.2) is 59.0 Å². The van der Waals surface area contributed by atoms with Crippen molar-refractivity contribution in [1.29, 1.82) is 0 Å². The first-order chi connectivity index (χ1) is 14.5. The molecule has 0 unspecified atom stereocenters. The lowest BCUT2D eigenvalue weighted by atomic mass is 10.2. The van der Waals surface area contributed by atoms with Crippen LogP contribution in [0.5, 0.6) is 0 Å². The quantitative estimate of drug-likeness (QED) is 0.333. The van der Waals surface area contributed by atoms with Gasteiger partial charge in [0.2, 0.25) is 17.7 Å². The van der Waals surface area contributed by atoms with Crippen molar-refractivity contribution in [3.8, 4) is 11.5 Å². The minimum absolute atomic E-state index is 0.0791. The lowest BCUT2D eigenvalue weighted by Crippen LogP contribution is -2.31. The maximum Gasteiger partial charge on any atom is 0.270 e. The molecule has 8 nitrogen and oxygen atoms in total. The van der Waals surface area contributed by atoms with Gasteiger partial charge >= 0.3 is 0 Å². The number of hydrogen-bond acceptors (Lipinski definition) is 6. The van der Waals surface area contributed by atoms with Crippen LogP contribution < -0.4 is 0 Å². The van der Waals surface area contributed by atoms with Gasteiger partial charge in [0.25, 0.3) is 5.69 Å². The average Bonchev–Trinajstić information content (AvgIpc) is 3.47. The van der Waals surface area contributed by atoms with Crippen molar-refractivity contribution in [1.82, 2.24) is 15.1 Å². The summed E-state index contributed by atoms with van der Waals surface area (Å²) in [6.07, 6.45) is 4.71. The van der Waals surface area contributed by atoms with E-state index in [0.29, 0.717) is 11.1 Å². The third-order valence-corrected chi connectivity index (χ3v) is 4.61. The van der Waals surface area contributed by atoms with E-state index in [0.717, 1.165) is 12.8 Å². The molecule has 4 rings (SSSR count). The lowest BCUT2D eigenvalue weighted by Gasteiger charge is -2.18. The minimum atomic E-state index is -0.501. The SMILES string of the molecule is O=C(/C=C/c1cccc(F)c1)N(Cc1nnc(-c2cccc([N+](=O)[O-])c2)o1)C1CC1. The molecular weight excluding hydrogens is 391 g/mol. The van der Waals surface area contributed by atoms with E-state index in [4.69, 9.17) is 4.42 Å². The predicted molar refractivity (Wildman–Crippen MR) is 105 cm³/mol. The van der Waals surface area contributed by atoms with E-state index in [1.165, 1.54) is 36.4 Å². The van der Waals surface area contributed by atoms with E-state index >= 15 is 0 Å². The van der Waals surface area contributed by atoms with E-state index in [2.05, 4.69) is 10.2 Å². The zero-order valence-corrected chi connectivity index (χ0v) is 15.8. The molecule has 0 saturated heterocycles. The Bertz CT molecular complexity index is 1120. The molecule has 0 bridgehead atoms. The number of hydrogen-bond donors (Lipinski definition) is 0. The summed E-state index contributed by atoms with van der Waals surface area (Å²) in [6.45, 7) is 0.124. The number of benzene rings is 2. The predicted octanol–water partition coefficient (Wildman–Crippen LogP) is 3.99. The maximum absolute atomic E-state index is 13.3. The van der Waals surface area contributed by atoms with Crippen LogP contribution in [0.4, 0.5) is 10.1 Å². The highest BCUT2D eigenvalue weighted by Crippen LogP contribution is 2.29. The molecular formula is C21H17FN4O4. The second kappa shape index (κ2) is 8.24. The van der Waals surface area contributed by atoms with E-state index in [1.54, 1.807) is 29.2 Å². The Morgan fingerprint density at radius 1 is 1.23 bits per heavy atom. The van der Waals surface area contributed by atoms with Gasteiger partial charge in [0.1, 0.15) is 5.82 Å². The summed E-state index contributed by atoms with van der Waals surface area (Å²) < 4.78 is 18.9. The van der Waals surface area contributed by atoms with Gasteiger partial charge < -0.3 is 9.32 Å². The molecule has 0 radical (unpaired) electrons. The number of rotatable bonds is 7. The number of nitro groups is 1. The first-order valence-electron chi connectivity index (χ1n) is 9.31. The van der Waals surface area contributed by atoms with Crippen LogP contribution in [-0.4, -0.2) is 32.0 Å². The molecule has 9 heteroatoms. The Morgan fingerprint density at radius 3 is 2.77 bits per heavy atom. The normalized spacial score (nSPS) is 13.5. The monoisotopic (exact) mass is 408 g/mol. The number of non-ortho nitro benzene ring substituents is 1. The number of amides is 1. The topological polar surface area (TPSA) is 102 Å². The van der Waals surface area contributed by atoms with Gasteiger partial charge in [-0.15, -0.1) is 10.2 Å². The molecule has 0 atom stereocenters. The number of halogens is 1. The van der Waals surface area contributed by atoms with Gasteiger partial charge in [-0.3, -0.25) is 14.9 Å². The van der Waals surface area contributed by atoms with Crippen LogP contribution in [0, 0.1) is 15.9 Å². The Kier molecular flexibility index (Phi) is 5.34. The Balaban J connectivity index is 1.48. The van der Waals surface area contributed by atoms with Gasteiger partial charge in [-0.2, -0.15) is 0 Å². The Labute approximate surface area is 170 Å². The zero-order chi connectivity index (χ0) is 21.1. The highest BCUT2D eigenvalue weighted by atomic mass is 19.1. The van der Waals surface area contributed by atoms with Crippen molar-refractivity contribution >= 4 is 17.7 Å². The van der Waals surface area contributed by atoms with Crippen LogP contribution in [0.25, 0.3) is 17.5 Å². The van der Waals surface area contributed by atoms with Gasteiger partial charge in [-0.25, -0.2) is 4.39 Å². The van der Waals surface area contributed by atoms with Crippen LogP contribution in [-0.2, 0) is 11.3 Å². The second-order valence-electron chi connectivity index (χ2n) is 6.89. The smallest absolute Gasteiger partial charge is 0.270 e. The molecule has 1 heterocycles. The summed E-state index contributed by atoms with van der Waals surface area (Å²) in [7, 11) is 0. The largest absolute Gasteiger partial charge is 0.419 e. The molecule has 0 aliphatic heterocycles. The third kappa shape index (κ3) is 4.57. The molecule has 3 aromatic rings. The van der Waals surface area contributed by atoms with Crippen LogP contribution in [0.2, 0.25) is 0 Å². The molecule has 1 saturated carbocycles. The molecule has 1 aromatic heterocycles. The fourth-order valence-corrected chi connectivity index (χ4v) is 2.98. The first-order valence-corrected chi connectivity index (χ1v) is 9.31. The molecule has 2 aromatic carbocycles. The number of nitrogens with zero attached hydrogens (tertiary/aromatic N) is 4. The van der Waals surface area contributed by atoms with E-state index in [9.17, 15) is 19.3 Å². The summed E-state index contributed by atoms with van der Waals surface area (Å²) in [5, 5.41) is 18.9. The zero-order valence-electron chi connectivity index (χ0n) is 15.8. The molecule has 0 N–H and O–H groups in total. The fraction of sp³-hybridized carbons (Fsp3) is 0.190. The summed E-state index contributed by atoms with van der Waals surface area (Å²) >= 11 is 0. The molecule has 0 spiro atoms. The van der Waals surface area contributed by atoms with Crippen molar-refractivity contribution in [2.24, 2.45) is 0 Å². The van der Waals surface area contributed by atoms with Crippen molar-refractivity contribution in [3.05, 3.63) is 82.0 Å². The summed E-state index contributed by atoms with van der Waals surface area (Å²) in [4.78, 5) is 24.7. The average molecular weight is 408 g/mol. The fourth-order valence-electron chi connectivity index (χ4n) is 2.98. The minimum Gasteiger partial charge on any atom is -0.419 e. The standard InChI is InChI=1S/C21H17FN4O4/c22-16-5-1-3-14(11-16)7-10-20(27)25(17-8-9-17)13-19-23-24-21(30-19)15-4-2-6-18(12-15)26(28)29/h1-7,10-12,17H,8-9,13H2/b10-7+. The highest BCUT2D eigenvalue weighted by Gasteiger charge is 2.32. The summed E-state index contributed by atoms with van der Waals surface area (Å²) in [5.74, 6) is -0.233. The lowest BCUT2D eigenvalue weighted by molar-refractivity contribution is -0.384. The molecule has 1 fully saturated rings. The molecule has 152 valence electrons. The van der Waals surface area contributed by atoms with Crippen LogP contribution >= 0.6 is 0 Å². The molecule has 1 amide bonds. The number of carbonyl (C=O) groups excluding carboxylic acids is 1. The van der Waals surface area contributed by atoms with Crippen molar-refractivity contribution in [2.45, 2.75) is 25.4 Å². The molecule has 1 aliphatic carbocycles.